The highest BCUT2D eigenvalue weighted by molar-refractivity contribution is 6.46. The van der Waals surface area contributed by atoms with Crippen molar-refractivity contribution in [3.05, 3.63) is 64.7 Å². The molecule has 1 atom stereocenters. The Morgan fingerprint density at radius 3 is 2.41 bits per heavy atom. The monoisotopic (exact) mass is 466 g/mol. The number of carbonyl (C=O) groups is 2. The van der Waals surface area contributed by atoms with Gasteiger partial charge in [-0.3, -0.25) is 9.59 Å². The summed E-state index contributed by atoms with van der Waals surface area (Å²) in [6.07, 6.45) is 2.01. The smallest absolute Gasteiger partial charge is 0.295 e. The third kappa shape index (κ3) is 5.42. The van der Waals surface area contributed by atoms with Gasteiger partial charge in [-0.15, -0.1) is 0 Å². The van der Waals surface area contributed by atoms with Crippen molar-refractivity contribution in [2.24, 2.45) is 0 Å². The number of aliphatic hydroxyl groups is 1. The molecule has 7 nitrogen and oxygen atoms in total. The van der Waals surface area contributed by atoms with E-state index in [1.54, 1.807) is 25.3 Å². The van der Waals surface area contributed by atoms with Gasteiger partial charge < -0.3 is 24.4 Å². The van der Waals surface area contributed by atoms with Crippen LogP contribution in [0, 0.1) is 6.92 Å². The highest BCUT2D eigenvalue weighted by atomic mass is 16.5. The second kappa shape index (κ2) is 11.2. The molecular formula is C27H34N2O5. The fraction of sp³-hybridized carbons (Fsp3) is 0.407. The minimum Gasteiger partial charge on any atom is -0.507 e. The number of aliphatic hydroxyl groups excluding tert-OH is 1. The predicted molar refractivity (Wildman–Crippen MR) is 132 cm³/mol. The lowest BCUT2D eigenvalue weighted by molar-refractivity contribution is -0.140. The summed E-state index contributed by atoms with van der Waals surface area (Å²) in [5.41, 5.74) is 2.12. The molecule has 1 saturated heterocycles. The van der Waals surface area contributed by atoms with Crippen LogP contribution >= 0.6 is 0 Å². The number of amides is 1. The molecule has 0 spiro atoms. The molecule has 0 aliphatic carbocycles. The van der Waals surface area contributed by atoms with Gasteiger partial charge in [0, 0.05) is 18.7 Å². The lowest BCUT2D eigenvalue weighted by Crippen LogP contribution is -2.35. The first-order valence-electron chi connectivity index (χ1n) is 11.6. The van der Waals surface area contributed by atoms with Crippen LogP contribution in [-0.4, -0.2) is 67.5 Å². The van der Waals surface area contributed by atoms with Crippen LogP contribution in [0.25, 0.3) is 5.76 Å². The number of ketones is 1. The summed E-state index contributed by atoms with van der Waals surface area (Å²) in [5.74, 6) is -0.0731. The van der Waals surface area contributed by atoms with Gasteiger partial charge in [0.2, 0.25) is 0 Å². The maximum atomic E-state index is 13.1. The van der Waals surface area contributed by atoms with Gasteiger partial charge >= 0.3 is 0 Å². The third-order valence-electron chi connectivity index (χ3n) is 5.96. The summed E-state index contributed by atoms with van der Waals surface area (Å²) < 4.78 is 11.1. The van der Waals surface area contributed by atoms with E-state index in [0.717, 1.165) is 29.7 Å². The molecule has 3 rings (SSSR count). The molecule has 1 aliphatic rings. The van der Waals surface area contributed by atoms with E-state index in [0.29, 0.717) is 31.0 Å². The number of carbonyl (C=O) groups excluding carboxylic acids is 2. The Hall–Kier alpha value is -3.32. The number of benzene rings is 2. The van der Waals surface area contributed by atoms with Crippen molar-refractivity contribution in [2.75, 3.05) is 40.9 Å². The molecule has 1 N–H and O–H groups in total. The number of methoxy groups -OCH3 is 1. The largest absolute Gasteiger partial charge is 0.507 e. The van der Waals surface area contributed by atoms with Crippen LogP contribution in [-0.2, 0) is 9.59 Å². The van der Waals surface area contributed by atoms with Crippen molar-refractivity contribution in [2.45, 2.75) is 32.7 Å². The van der Waals surface area contributed by atoms with Gasteiger partial charge in [0.05, 0.1) is 25.3 Å². The van der Waals surface area contributed by atoms with E-state index in [4.69, 9.17) is 9.47 Å². The fourth-order valence-corrected chi connectivity index (χ4v) is 4.03. The zero-order chi connectivity index (χ0) is 24.8. The molecular weight excluding hydrogens is 432 g/mol. The maximum absolute atomic E-state index is 13.1. The Bertz CT molecular complexity index is 1060. The van der Waals surface area contributed by atoms with E-state index in [-0.39, 0.29) is 11.3 Å². The summed E-state index contributed by atoms with van der Waals surface area (Å²) in [6, 6.07) is 11.9. The first kappa shape index (κ1) is 25.3. The number of unbranched alkanes of at least 4 members (excludes halogenated alkanes) is 1. The molecule has 0 radical (unpaired) electrons. The zero-order valence-corrected chi connectivity index (χ0v) is 20.6. The van der Waals surface area contributed by atoms with Crippen LogP contribution in [0.4, 0.5) is 0 Å². The van der Waals surface area contributed by atoms with Crippen LogP contribution in [0.2, 0.25) is 0 Å². The molecule has 2 aromatic rings. The maximum Gasteiger partial charge on any atom is 0.295 e. The Balaban J connectivity index is 2.05. The van der Waals surface area contributed by atoms with Crippen molar-refractivity contribution in [3.8, 4) is 11.5 Å². The van der Waals surface area contributed by atoms with Crippen LogP contribution < -0.4 is 9.47 Å². The summed E-state index contributed by atoms with van der Waals surface area (Å²) in [5, 5.41) is 11.2. The van der Waals surface area contributed by atoms with Crippen molar-refractivity contribution < 1.29 is 24.2 Å². The van der Waals surface area contributed by atoms with E-state index in [1.807, 2.05) is 50.2 Å². The van der Waals surface area contributed by atoms with Crippen LogP contribution in [0.3, 0.4) is 0 Å². The van der Waals surface area contributed by atoms with Gasteiger partial charge in [-0.25, -0.2) is 0 Å². The molecule has 1 unspecified atom stereocenters. The molecule has 1 aliphatic heterocycles. The number of hydrogen-bond acceptors (Lipinski definition) is 6. The van der Waals surface area contributed by atoms with Gasteiger partial charge in [-0.1, -0.05) is 25.5 Å². The number of nitrogens with zero attached hydrogens (tertiary/aromatic N) is 2. The van der Waals surface area contributed by atoms with E-state index in [9.17, 15) is 14.7 Å². The summed E-state index contributed by atoms with van der Waals surface area (Å²) >= 11 is 0. The van der Waals surface area contributed by atoms with Crippen LogP contribution in [0.5, 0.6) is 11.5 Å². The Labute approximate surface area is 201 Å². The summed E-state index contributed by atoms with van der Waals surface area (Å²) in [6.45, 7) is 5.54. The molecule has 0 bridgehead atoms. The topological polar surface area (TPSA) is 79.3 Å². The highest BCUT2D eigenvalue weighted by Gasteiger charge is 2.45. The predicted octanol–water partition coefficient (Wildman–Crippen LogP) is 4.17. The first-order chi connectivity index (χ1) is 16.3. The minimum atomic E-state index is -0.688. The van der Waals surface area contributed by atoms with E-state index in [1.165, 1.54) is 4.90 Å². The zero-order valence-electron chi connectivity index (χ0n) is 20.6. The number of hydrogen-bond donors (Lipinski definition) is 1. The normalized spacial score (nSPS) is 17.5. The Morgan fingerprint density at radius 2 is 1.82 bits per heavy atom. The fourth-order valence-electron chi connectivity index (χ4n) is 4.03. The summed E-state index contributed by atoms with van der Waals surface area (Å²) in [7, 11) is 5.40. The molecule has 0 saturated carbocycles. The molecule has 2 aromatic carbocycles. The number of ether oxygens (including phenoxy) is 2. The standard InChI is InChI=1S/C27H34N2O5/c1-6-7-16-34-21-11-8-19(9-12-21)24-23(26(31)27(32)29(24)15-14-28(3)4)25(30)20-10-13-22(33-5)18(2)17-20/h8-13,17,24,30H,6-7,14-16H2,1-5H3. The van der Waals surface area contributed by atoms with Gasteiger partial charge in [0.1, 0.15) is 17.3 Å². The van der Waals surface area contributed by atoms with E-state index < -0.39 is 17.7 Å². The molecule has 7 heteroatoms. The SMILES string of the molecule is CCCCOc1ccc(C2C(=C(O)c3ccc(OC)c(C)c3)C(=O)C(=O)N2CCN(C)C)cc1. The van der Waals surface area contributed by atoms with Gasteiger partial charge in [-0.2, -0.15) is 0 Å². The molecule has 0 aromatic heterocycles. The second-order valence-corrected chi connectivity index (χ2v) is 8.75. The average molecular weight is 467 g/mol. The van der Waals surface area contributed by atoms with Gasteiger partial charge in [0.25, 0.3) is 11.7 Å². The highest BCUT2D eigenvalue weighted by Crippen LogP contribution is 2.40. The lowest BCUT2D eigenvalue weighted by atomic mass is 9.94. The first-order valence-corrected chi connectivity index (χ1v) is 11.6. The average Bonchev–Trinajstić information content (AvgIpc) is 3.07. The number of likely N-dealkylation sites (tertiary alicyclic amines) is 1. The molecule has 1 amide bonds. The van der Waals surface area contributed by atoms with Crippen molar-refractivity contribution >= 4 is 17.4 Å². The summed E-state index contributed by atoms with van der Waals surface area (Å²) in [4.78, 5) is 29.7. The Morgan fingerprint density at radius 1 is 1.12 bits per heavy atom. The second-order valence-electron chi connectivity index (χ2n) is 8.75. The van der Waals surface area contributed by atoms with E-state index in [2.05, 4.69) is 6.92 Å². The lowest BCUT2D eigenvalue weighted by Gasteiger charge is -2.26. The Kier molecular flexibility index (Phi) is 8.34. The molecule has 1 heterocycles. The van der Waals surface area contributed by atoms with Crippen molar-refractivity contribution in [1.29, 1.82) is 0 Å². The number of likely N-dealkylation sites (N-methyl/N-ethyl adjacent to an activating group) is 1. The number of aryl methyl sites for hydroxylation is 1. The molecule has 182 valence electrons. The van der Waals surface area contributed by atoms with Crippen LogP contribution in [0.15, 0.2) is 48.0 Å². The number of Topliss-reactive ketones (excluding diaryl/α,β-unsaturated/α-hetero) is 1. The molecule has 1 fully saturated rings. The van der Waals surface area contributed by atoms with Crippen molar-refractivity contribution in [3.63, 3.8) is 0 Å². The quantitative estimate of drug-likeness (QED) is 0.245. The van der Waals surface area contributed by atoms with Crippen molar-refractivity contribution in [1.82, 2.24) is 9.80 Å². The van der Waals surface area contributed by atoms with Crippen LogP contribution in [0.1, 0.15) is 42.5 Å². The number of rotatable bonds is 10. The molecule has 34 heavy (non-hydrogen) atoms. The van der Waals surface area contributed by atoms with Gasteiger partial charge in [-0.05, 0) is 68.9 Å². The van der Waals surface area contributed by atoms with Gasteiger partial charge in [0.15, 0.2) is 0 Å². The van der Waals surface area contributed by atoms with E-state index >= 15 is 0 Å². The minimum absolute atomic E-state index is 0.0907. The third-order valence-corrected chi connectivity index (χ3v) is 5.96.